The highest BCUT2D eigenvalue weighted by Gasteiger charge is 2.21. The second-order valence-electron chi connectivity index (χ2n) is 4.33. The van der Waals surface area contributed by atoms with Crippen LogP contribution in [0.3, 0.4) is 0 Å². The second kappa shape index (κ2) is 4.52. The Labute approximate surface area is 95.3 Å². The number of hydrogen-bond acceptors (Lipinski definition) is 2. The zero-order valence-corrected chi connectivity index (χ0v) is 9.41. The average molecular weight is 218 g/mol. The monoisotopic (exact) mass is 218 g/mol. The molecule has 0 radical (unpaired) electrons. The zero-order valence-electron chi connectivity index (χ0n) is 9.41. The molecule has 0 heterocycles. The van der Waals surface area contributed by atoms with Crippen molar-refractivity contribution in [2.24, 2.45) is 0 Å². The van der Waals surface area contributed by atoms with Gasteiger partial charge < -0.3 is 4.90 Å². The maximum absolute atomic E-state index is 13.7. The Morgan fingerprint density at radius 3 is 2.62 bits per heavy atom. The molecule has 1 saturated carbocycles. The fraction of sp³-hybridized carbons (Fsp3) is 0.462. The van der Waals surface area contributed by atoms with Crippen LogP contribution in [-0.4, -0.2) is 13.1 Å². The number of nitriles is 1. The molecule has 0 N–H and O–H groups in total. The standard InChI is InChI=1S/C13H15FN2/c1-16(11-4-2-3-5-11)13-7-6-10(9-15)8-12(13)14/h6-8,11H,2-5H2,1H3. The van der Waals surface area contributed by atoms with Gasteiger partial charge in [0.05, 0.1) is 17.3 Å². The Morgan fingerprint density at radius 2 is 2.06 bits per heavy atom. The fourth-order valence-corrected chi connectivity index (χ4v) is 2.35. The second-order valence-corrected chi connectivity index (χ2v) is 4.33. The maximum Gasteiger partial charge on any atom is 0.147 e. The third kappa shape index (κ3) is 2.01. The zero-order chi connectivity index (χ0) is 11.5. The normalized spacial score (nSPS) is 16.1. The smallest absolute Gasteiger partial charge is 0.147 e. The van der Waals surface area contributed by atoms with Gasteiger partial charge in [-0.2, -0.15) is 5.26 Å². The number of halogens is 1. The Balaban J connectivity index is 2.23. The van der Waals surface area contributed by atoms with Crippen LogP contribution in [-0.2, 0) is 0 Å². The van der Waals surface area contributed by atoms with Crippen molar-refractivity contribution in [1.82, 2.24) is 0 Å². The molecule has 1 aromatic carbocycles. The van der Waals surface area contributed by atoms with E-state index >= 15 is 0 Å². The summed E-state index contributed by atoms with van der Waals surface area (Å²) in [6.07, 6.45) is 4.73. The molecule has 0 bridgehead atoms. The van der Waals surface area contributed by atoms with Gasteiger partial charge in [-0.3, -0.25) is 0 Å². The summed E-state index contributed by atoms with van der Waals surface area (Å²) >= 11 is 0. The SMILES string of the molecule is CN(c1ccc(C#N)cc1F)C1CCCC1. The van der Waals surface area contributed by atoms with Crippen LogP contribution in [0.15, 0.2) is 18.2 Å². The number of hydrogen-bond donors (Lipinski definition) is 0. The van der Waals surface area contributed by atoms with Crippen molar-refractivity contribution in [3.63, 3.8) is 0 Å². The molecule has 3 heteroatoms. The molecule has 1 aromatic rings. The van der Waals surface area contributed by atoms with E-state index in [-0.39, 0.29) is 5.82 Å². The summed E-state index contributed by atoms with van der Waals surface area (Å²) in [6.45, 7) is 0. The molecule has 84 valence electrons. The molecule has 1 aliphatic rings. The topological polar surface area (TPSA) is 27.0 Å². The molecular weight excluding hydrogens is 203 g/mol. The van der Waals surface area contributed by atoms with Gasteiger partial charge in [0.2, 0.25) is 0 Å². The molecule has 2 rings (SSSR count). The van der Waals surface area contributed by atoms with Gasteiger partial charge in [0.1, 0.15) is 5.82 Å². The van der Waals surface area contributed by atoms with E-state index in [9.17, 15) is 4.39 Å². The van der Waals surface area contributed by atoms with E-state index < -0.39 is 0 Å². The van der Waals surface area contributed by atoms with Crippen molar-refractivity contribution in [1.29, 1.82) is 5.26 Å². The lowest BCUT2D eigenvalue weighted by Gasteiger charge is -2.26. The lowest BCUT2D eigenvalue weighted by molar-refractivity contribution is 0.595. The minimum Gasteiger partial charge on any atom is -0.369 e. The molecule has 0 spiro atoms. The summed E-state index contributed by atoms with van der Waals surface area (Å²) < 4.78 is 13.7. The minimum atomic E-state index is -0.298. The van der Waals surface area contributed by atoms with E-state index in [2.05, 4.69) is 0 Å². The van der Waals surface area contributed by atoms with Crippen LogP contribution in [0.25, 0.3) is 0 Å². The van der Waals surface area contributed by atoms with E-state index in [1.165, 1.54) is 18.9 Å². The number of benzene rings is 1. The molecule has 0 amide bonds. The summed E-state index contributed by atoms with van der Waals surface area (Å²) in [5.41, 5.74) is 0.979. The van der Waals surface area contributed by atoms with Crippen LogP contribution in [0.5, 0.6) is 0 Å². The molecule has 0 aliphatic heterocycles. The molecule has 1 fully saturated rings. The molecule has 2 nitrogen and oxygen atoms in total. The molecule has 0 atom stereocenters. The largest absolute Gasteiger partial charge is 0.369 e. The molecule has 1 aliphatic carbocycles. The van der Waals surface area contributed by atoms with Crippen molar-refractivity contribution < 1.29 is 4.39 Å². The first-order valence-electron chi connectivity index (χ1n) is 5.65. The van der Waals surface area contributed by atoms with Crippen molar-refractivity contribution in [3.05, 3.63) is 29.6 Å². The average Bonchev–Trinajstić information content (AvgIpc) is 2.81. The van der Waals surface area contributed by atoms with Crippen LogP contribution < -0.4 is 4.90 Å². The highest BCUT2D eigenvalue weighted by Crippen LogP contribution is 2.28. The predicted molar refractivity (Wildman–Crippen MR) is 61.8 cm³/mol. The van der Waals surface area contributed by atoms with Crippen molar-refractivity contribution in [2.75, 3.05) is 11.9 Å². The van der Waals surface area contributed by atoms with Crippen molar-refractivity contribution in [2.45, 2.75) is 31.7 Å². The first-order chi connectivity index (χ1) is 7.72. The van der Waals surface area contributed by atoms with Crippen LogP contribution in [0, 0.1) is 17.1 Å². The van der Waals surface area contributed by atoms with Crippen LogP contribution in [0.1, 0.15) is 31.2 Å². The number of anilines is 1. The lowest BCUT2D eigenvalue weighted by Crippen LogP contribution is -2.29. The van der Waals surface area contributed by atoms with Gasteiger partial charge in [-0.15, -0.1) is 0 Å². The molecule has 0 unspecified atom stereocenters. The highest BCUT2D eigenvalue weighted by molar-refractivity contribution is 5.51. The predicted octanol–water partition coefficient (Wildman–Crippen LogP) is 3.08. The Morgan fingerprint density at radius 1 is 1.38 bits per heavy atom. The van der Waals surface area contributed by atoms with E-state index in [1.54, 1.807) is 12.1 Å². The maximum atomic E-state index is 13.7. The van der Waals surface area contributed by atoms with Crippen LogP contribution >= 0.6 is 0 Å². The van der Waals surface area contributed by atoms with Crippen LogP contribution in [0.4, 0.5) is 10.1 Å². The molecular formula is C13H15FN2. The van der Waals surface area contributed by atoms with Crippen LogP contribution in [0.2, 0.25) is 0 Å². The lowest BCUT2D eigenvalue weighted by atomic mass is 10.1. The first kappa shape index (κ1) is 10.9. The molecule has 0 aromatic heterocycles. The summed E-state index contributed by atoms with van der Waals surface area (Å²) in [6, 6.07) is 7.07. The summed E-state index contributed by atoms with van der Waals surface area (Å²) in [5.74, 6) is -0.298. The van der Waals surface area contributed by atoms with Gasteiger partial charge in [-0.05, 0) is 31.0 Å². The van der Waals surface area contributed by atoms with E-state index in [4.69, 9.17) is 5.26 Å². The Bertz CT molecular complexity index is 416. The third-order valence-corrected chi connectivity index (χ3v) is 3.33. The fourth-order valence-electron chi connectivity index (χ4n) is 2.35. The van der Waals surface area contributed by atoms with E-state index in [0.717, 1.165) is 12.8 Å². The minimum absolute atomic E-state index is 0.298. The van der Waals surface area contributed by atoms with E-state index in [1.807, 2.05) is 18.0 Å². The van der Waals surface area contributed by atoms with Gasteiger partial charge in [0.25, 0.3) is 0 Å². The third-order valence-electron chi connectivity index (χ3n) is 3.33. The Kier molecular flexibility index (Phi) is 3.09. The Hall–Kier alpha value is -1.56. The highest BCUT2D eigenvalue weighted by atomic mass is 19.1. The molecule has 0 saturated heterocycles. The van der Waals surface area contributed by atoms with Gasteiger partial charge in [-0.25, -0.2) is 4.39 Å². The van der Waals surface area contributed by atoms with E-state index in [0.29, 0.717) is 17.3 Å². The van der Waals surface area contributed by atoms with Gasteiger partial charge >= 0.3 is 0 Å². The summed E-state index contributed by atoms with van der Waals surface area (Å²) in [4.78, 5) is 2.00. The number of nitrogens with zero attached hydrogens (tertiary/aromatic N) is 2. The van der Waals surface area contributed by atoms with Crippen molar-refractivity contribution >= 4 is 5.69 Å². The van der Waals surface area contributed by atoms with Gasteiger partial charge in [0.15, 0.2) is 0 Å². The van der Waals surface area contributed by atoms with Gasteiger partial charge in [-0.1, -0.05) is 12.8 Å². The first-order valence-corrected chi connectivity index (χ1v) is 5.65. The molecule has 16 heavy (non-hydrogen) atoms. The number of rotatable bonds is 2. The summed E-state index contributed by atoms with van der Waals surface area (Å²) in [5, 5.41) is 8.67. The van der Waals surface area contributed by atoms with Gasteiger partial charge in [0, 0.05) is 13.1 Å². The van der Waals surface area contributed by atoms with Crippen molar-refractivity contribution in [3.8, 4) is 6.07 Å². The summed E-state index contributed by atoms with van der Waals surface area (Å²) in [7, 11) is 1.93. The quantitative estimate of drug-likeness (QED) is 0.762.